The summed E-state index contributed by atoms with van der Waals surface area (Å²) in [5.74, 6) is -0.136. The minimum absolute atomic E-state index is 0.0254. The maximum atomic E-state index is 15.5. The Morgan fingerprint density at radius 2 is 2.00 bits per heavy atom. The summed E-state index contributed by atoms with van der Waals surface area (Å²) in [5.41, 5.74) is 0.203. The number of urea groups is 1. The van der Waals surface area contributed by atoms with Crippen LogP contribution < -0.4 is 14.5 Å². The molecule has 0 saturated carbocycles. The Labute approximate surface area is 163 Å². The normalized spacial score (nSPS) is 14.9. The van der Waals surface area contributed by atoms with E-state index in [4.69, 9.17) is 7.48 Å². The Kier molecular flexibility index (Phi) is 3.97. The van der Waals surface area contributed by atoms with Gasteiger partial charge in [0.1, 0.15) is 17.9 Å². The number of hydrogen-bond acceptors (Lipinski definition) is 5. The Morgan fingerprint density at radius 1 is 1.25 bits per heavy atom. The van der Waals surface area contributed by atoms with Gasteiger partial charge in [0.2, 0.25) is 0 Å². The number of carbonyl (C=O) groups excluding carboxylic acids is 1. The molecule has 0 aliphatic carbocycles. The van der Waals surface area contributed by atoms with Gasteiger partial charge in [-0.05, 0) is 30.7 Å². The van der Waals surface area contributed by atoms with Gasteiger partial charge >= 0.3 is 6.03 Å². The number of hydrogen-bond donors (Lipinski definition) is 1. The fraction of sp³-hybridized carbons (Fsp3) is 0.250. The van der Waals surface area contributed by atoms with Gasteiger partial charge < -0.3 is 9.84 Å². The van der Waals surface area contributed by atoms with Crippen molar-refractivity contribution in [1.29, 1.82) is 0 Å². The van der Waals surface area contributed by atoms with Crippen LogP contribution in [0.5, 0.6) is 5.75 Å². The predicted molar refractivity (Wildman–Crippen MR) is 103 cm³/mol. The summed E-state index contributed by atoms with van der Waals surface area (Å²) in [5, 5.41) is 10.1. The molecule has 1 aliphatic heterocycles. The molecule has 4 rings (SSSR count). The number of halogens is 1. The zero-order valence-electron chi connectivity index (χ0n) is 17.3. The summed E-state index contributed by atoms with van der Waals surface area (Å²) >= 11 is 0. The van der Waals surface area contributed by atoms with Crippen molar-refractivity contribution in [2.45, 2.75) is 20.0 Å². The van der Waals surface area contributed by atoms with E-state index in [1.165, 1.54) is 16.1 Å². The van der Waals surface area contributed by atoms with Gasteiger partial charge in [0.05, 0.1) is 39.5 Å². The molecule has 0 atom stereocenters. The molecule has 0 bridgehead atoms. The summed E-state index contributed by atoms with van der Waals surface area (Å²) < 4.78 is 35.8. The Morgan fingerprint density at radius 3 is 2.64 bits per heavy atom. The average molecular weight is 384 g/mol. The van der Waals surface area contributed by atoms with Crippen LogP contribution in [-0.4, -0.2) is 34.8 Å². The maximum Gasteiger partial charge on any atom is 0.330 e. The zero-order valence-corrected chi connectivity index (χ0v) is 15.3. The molecule has 2 amide bonds. The van der Waals surface area contributed by atoms with Crippen molar-refractivity contribution in [1.82, 2.24) is 9.97 Å². The van der Waals surface area contributed by atoms with E-state index in [-0.39, 0.29) is 29.0 Å². The van der Waals surface area contributed by atoms with Gasteiger partial charge in [0, 0.05) is 12.1 Å². The van der Waals surface area contributed by atoms with Crippen LogP contribution >= 0.6 is 0 Å². The molecule has 3 aromatic rings. The fourth-order valence-electron chi connectivity index (χ4n) is 3.38. The summed E-state index contributed by atoms with van der Waals surface area (Å²) in [6.45, 7) is -0.846. The van der Waals surface area contributed by atoms with E-state index < -0.39 is 24.0 Å². The van der Waals surface area contributed by atoms with E-state index in [1.807, 2.05) is 0 Å². The highest BCUT2D eigenvalue weighted by Crippen LogP contribution is 2.41. The van der Waals surface area contributed by atoms with E-state index in [2.05, 4.69) is 9.97 Å². The molecule has 7 nitrogen and oxygen atoms in total. The lowest BCUT2D eigenvalue weighted by molar-refractivity contribution is 0.250. The molecule has 1 aromatic heterocycles. The first-order chi connectivity index (χ1) is 14.3. The molecule has 0 unspecified atom stereocenters. The van der Waals surface area contributed by atoms with Crippen LogP contribution in [0.4, 0.5) is 20.7 Å². The lowest BCUT2D eigenvalue weighted by Crippen LogP contribution is -2.47. The molecule has 1 N–H and O–H groups in total. The van der Waals surface area contributed by atoms with Crippen molar-refractivity contribution in [3.8, 4) is 5.75 Å². The molecule has 2 aromatic carbocycles. The van der Waals surface area contributed by atoms with Crippen molar-refractivity contribution in [2.75, 3.05) is 23.5 Å². The number of amides is 2. The topological polar surface area (TPSA) is 78.8 Å². The van der Waals surface area contributed by atoms with Crippen molar-refractivity contribution in [3.05, 3.63) is 53.6 Å². The van der Waals surface area contributed by atoms with E-state index >= 15 is 4.39 Å². The second kappa shape index (κ2) is 7.05. The summed E-state index contributed by atoms with van der Waals surface area (Å²) in [6, 6.07) is 7.61. The van der Waals surface area contributed by atoms with Crippen LogP contribution in [0.3, 0.4) is 0 Å². The number of nitrogens with zero attached hydrogens (tertiary/aromatic N) is 4. The van der Waals surface area contributed by atoms with Crippen molar-refractivity contribution < 1.29 is 21.8 Å². The molecule has 0 radical (unpaired) electrons. The number of methoxy groups -OCH3 is 1. The van der Waals surface area contributed by atoms with Gasteiger partial charge in [-0.1, -0.05) is 12.1 Å². The zero-order chi connectivity index (χ0) is 21.6. The number of ether oxygens (including phenoxy) is 1. The quantitative estimate of drug-likeness (QED) is 0.731. The molecule has 28 heavy (non-hydrogen) atoms. The lowest BCUT2D eigenvalue weighted by atomic mass is 10.0. The van der Waals surface area contributed by atoms with Gasteiger partial charge in [-0.25, -0.2) is 19.2 Å². The molecule has 2 heterocycles. The molecular formula is C20H19FN4O3. The SMILES string of the molecule is [2H]C([2H])(O)c1cc2ncnc3c2c(c1F)N(Cc1ccc(OC)cc1)C(=O)N3CC. The highest BCUT2D eigenvalue weighted by Gasteiger charge is 2.36. The second-order valence-electron chi connectivity index (χ2n) is 6.25. The van der Waals surface area contributed by atoms with Gasteiger partial charge in [0.15, 0.2) is 5.82 Å². The van der Waals surface area contributed by atoms with Crippen LogP contribution in [0, 0.1) is 5.82 Å². The van der Waals surface area contributed by atoms with Crippen LogP contribution in [0.25, 0.3) is 10.9 Å². The second-order valence-corrected chi connectivity index (χ2v) is 6.25. The average Bonchev–Trinajstić information content (AvgIpc) is 2.72. The molecule has 1 aliphatic rings. The monoisotopic (exact) mass is 384 g/mol. The van der Waals surface area contributed by atoms with Gasteiger partial charge in [-0.15, -0.1) is 0 Å². The van der Waals surface area contributed by atoms with Crippen LogP contribution in [0.1, 0.15) is 20.8 Å². The Hall–Kier alpha value is -3.26. The number of aromatic nitrogens is 2. The number of rotatable bonds is 5. The van der Waals surface area contributed by atoms with Crippen LogP contribution in [0.15, 0.2) is 36.7 Å². The number of aliphatic hydroxyl groups is 1. The molecule has 0 saturated heterocycles. The standard InChI is InChI=1S/C20H19FN4O3/c1-3-24-19-16-15(22-11-23-19)8-13(10-26)17(21)18(16)25(20(24)27)9-12-4-6-14(28-2)7-5-12/h4-8,11,26H,3,9-10H2,1-2H3/i10D2. The predicted octanol–water partition coefficient (Wildman–Crippen LogP) is 3.24. The van der Waals surface area contributed by atoms with Crippen molar-refractivity contribution in [3.63, 3.8) is 0 Å². The molecule has 0 fully saturated rings. The van der Waals surface area contributed by atoms with Crippen LogP contribution in [0.2, 0.25) is 0 Å². The third-order valence-corrected chi connectivity index (χ3v) is 4.74. The largest absolute Gasteiger partial charge is 0.497 e. The number of benzene rings is 2. The number of carbonyl (C=O) groups is 1. The van der Waals surface area contributed by atoms with Gasteiger partial charge in [-0.2, -0.15) is 0 Å². The van der Waals surface area contributed by atoms with E-state index in [1.54, 1.807) is 38.3 Å². The first-order valence-electron chi connectivity index (χ1n) is 9.68. The van der Waals surface area contributed by atoms with Crippen molar-refractivity contribution in [2.24, 2.45) is 0 Å². The highest BCUT2D eigenvalue weighted by molar-refractivity contribution is 6.18. The van der Waals surface area contributed by atoms with E-state index in [0.29, 0.717) is 17.9 Å². The fourth-order valence-corrected chi connectivity index (χ4v) is 3.38. The highest BCUT2D eigenvalue weighted by atomic mass is 19.1. The Balaban J connectivity index is 1.96. The molecule has 8 heteroatoms. The molecule has 0 spiro atoms. The third-order valence-electron chi connectivity index (χ3n) is 4.74. The summed E-state index contributed by atoms with van der Waals surface area (Å²) in [6.07, 6.45) is 1.23. The molecular weight excluding hydrogens is 363 g/mol. The minimum Gasteiger partial charge on any atom is -0.497 e. The van der Waals surface area contributed by atoms with Crippen molar-refractivity contribution >= 4 is 28.4 Å². The Bertz CT molecular complexity index is 1140. The lowest BCUT2D eigenvalue weighted by Gasteiger charge is -2.36. The van der Waals surface area contributed by atoms with E-state index in [9.17, 15) is 9.90 Å². The van der Waals surface area contributed by atoms with E-state index in [0.717, 1.165) is 6.07 Å². The van der Waals surface area contributed by atoms with Crippen LogP contribution in [-0.2, 0) is 13.1 Å². The smallest absolute Gasteiger partial charge is 0.330 e. The molecule has 144 valence electrons. The summed E-state index contributed by atoms with van der Waals surface area (Å²) in [4.78, 5) is 24.2. The third kappa shape index (κ3) is 2.73. The first kappa shape index (κ1) is 15.8. The maximum absolute atomic E-state index is 15.5. The van der Waals surface area contributed by atoms with Gasteiger partial charge in [0.25, 0.3) is 0 Å². The summed E-state index contributed by atoms with van der Waals surface area (Å²) in [7, 11) is 1.54. The first-order valence-corrected chi connectivity index (χ1v) is 8.68. The number of anilines is 2. The minimum atomic E-state index is -2.95. The van der Waals surface area contributed by atoms with Gasteiger partial charge in [-0.3, -0.25) is 9.80 Å².